The molecule has 3 rings (SSSR count). The van der Waals surface area contributed by atoms with E-state index in [4.69, 9.17) is 4.74 Å². The molecule has 2 aromatic carbocycles. The Morgan fingerprint density at radius 3 is 2.57 bits per heavy atom. The molecule has 0 saturated carbocycles. The van der Waals surface area contributed by atoms with E-state index in [-0.39, 0.29) is 17.4 Å². The summed E-state index contributed by atoms with van der Waals surface area (Å²) in [5.74, 6) is -0.150. The van der Waals surface area contributed by atoms with Crippen molar-refractivity contribution in [3.05, 3.63) is 47.8 Å². The number of hydrogen-bond acceptors (Lipinski definition) is 2. The largest absolute Gasteiger partial charge is 0.378 e. The molecular weight excluding hydrogens is 265 g/mol. The van der Waals surface area contributed by atoms with Crippen LogP contribution in [-0.2, 0) is 4.74 Å². The van der Waals surface area contributed by atoms with Gasteiger partial charge in [0.25, 0.3) is 0 Å². The van der Waals surface area contributed by atoms with Crippen LogP contribution in [0.15, 0.2) is 36.4 Å². The molecule has 0 bridgehead atoms. The van der Waals surface area contributed by atoms with E-state index in [0.717, 1.165) is 25.1 Å². The Balaban J connectivity index is 2.06. The summed E-state index contributed by atoms with van der Waals surface area (Å²) in [6.45, 7) is 9.00. The number of benzene rings is 2. The van der Waals surface area contributed by atoms with Crippen LogP contribution >= 0.6 is 0 Å². The topological polar surface area (TPSA) is 12.5 Å². The van der Waals surface area contributed by atoms with Crippen LogP contribution in [0.1, 0.15) is 32.4 Å². The fourth-order valence-corrected chi connectivity index (χ4v) is 3.41. The van der Waals surface area contributed by atoms with Crippen LogP contribution in [-0.4, -0.2) is 30.2 Å². The molecule has 0 amide bonds. The van der Waals surface area contributed by atoms with Crippen LogP contribution in [0.5, 0.6) is 0 Å². The Hall–Kier alpha value is -1.45. The zero-order valence-corrected chi connectivity index (χ0v) is 12.9. The zero-order chi connectivity index (χ0) is 15.0. The summed E-state index contributed by atoms with van der Waals surface area (Å²) in [4.78, 5) is 2.45. The van der Waals surface area contributed by atoms with Gasteiger partial charge in [0.1, 0.15) is 5.82 Å². The van der Waals surface area contributed by atoms with Gasteiger partial charge < -0.3 is 4.74 Å². The molecule has 21 heavy (non-hydrogen) atoms. The van der Waals surface area contributed by atoms with Gasteiger partial charge in [0, 0.05) is 23.5 Å². The minimum Gasteiger partial charge on any atom is -0.378 e. The van der Waals surface area contributed by atoms with Gasteiger partial charge in [0.05, 0.1) is 13.2 Å². The third-order valence-corrected chi connectivity index (χ3v) is 4.53. The van der Waals surface area contributed by atoms with Crippen LogP contribution in [0.3, 0.4) is 0 Å². The second-order valence-electron chi connectivity index (χ2n) is 6.42. The predicted molar refractivity (Wildman–Crippen MR) is 83.9 cm³/mol. The molecule has 1 atom stereocenters. The number of rotatable bonds is 2. The Bertz CT molecular complexity index is 653. The standard InChI is InChI=1S/C18H22FNO/c1-13(20-10-11-21-12-18(20,2)3)14-8-9-17(19)16-7-5-4-6-15(14)16/h4-9,13H,10-12H2,1-3H3. The number of hydrogen-bond donors (Lipinski definition) is 0. The molecular formula is C18H22FNO. The highest BCUT2D eigenvalue weighted by molar-refractivity contribution is 5.86. The van der Waals surface area contributed by atoms with E-state index in [1.54, 1.807) is 6.07 Å². The van der Waals surface area contributed by atoms with E-state index in [9.17, 15) is 4.39 Å². The average Bonchev–Trinajstić information content (AvgIpc) is 2.47. The zero-order valence-electron chi connectivity index (χ0n) is 12.9. The van der Waals surface area contributed by atoms with Gasteiger partial charge in [0.15, 0.2) is 0 Å². The lowest BCUT2D eigenvalue weighted by Gasteiger charge is -2.46. The van der Waals surface area contributed by atoms with E-state index in [0.29, 0.717) is 5.39 Å². The summed E-state index contributed by atoms with van der Waals surface area (Å²) in [7, 11) is 0. The second kappa shape index (κ2) is 5.39. The van der Waals surface area contributed by atoms with Crippen LogP contribution in [0.25, 0.3) is 10.8 Å². The van der Waals surface area contributed by atoms with E-state index < -0.39 is 0 Å². The lowest BCUT2D eigenvalue weighted by Crippen LogP contribution is -2.53. The molecule has 112 valence electrons. The lowest BCUT2D eigenvalue weighted by atomic mass is 9.93. The van der Waals surface area contributed by atoms with Crippen molar-refractivity contribution in [2.24, 2.45) is 0 Å². The number of nitrogens with zero attached hydrogens (tertiary/aromatic N) is 1. The first-order valence-corrected chi connectivity index (χ1v) is 7.52. The van der Waals surface area contributed by atoms with E-state index in [2.05, 4.69) is 25.7 Å². The Morgan fingerprint density at radius 2 is 1.86 bits per heavy atom. The Morgan fingerprint density at radius 1 is 1.14 bits per heavy atom. The highest BCUT2D eigenvalue weighted by atomic mass is 19.1. The fourth-order valence-electron chi connectivity index (χ4n) is 3.41. The summed E-state index contributed by atoms with van der Waals surface area (Å²) < 4.78 is 19.6. The SMILES string of the molecule is CC(c1ccc(F)c2ccccc12)N1CCOCC1(C)C. The minimum atomic E-state index is -0.150. The van der Waals surface area contributed by atoms with Gasteiger partial charge in [-0.15, -0.1) is 0 Å². The number of fused-ring (bicyclic) bond motifs is 1. The maximum absolute atomic E-state index is 14.0. The molecule has 1 saturated heterocycles. The summed E-state index contributed by atoms with van der Waals surface area (Å²) >= 11 is 0. The number of halogens is 1. The molecule has 1 unspecified atom stereocenters. The van der Waals surface area contributed by atoms with Crippen molar-refractivity contribution in [1.82, 2.24) is 4.90 Å². The van der Waals surface area contributed by atoms with Crippen LogP contribution in [0.2, 0.25) is 0 Å². The number of morpholine rings is 1. The average molecular weight is 287 g/mol. The third-order valence-electron chi connectivity index (χ3n) is 4.53. The Labute approximate surface area is 125 Å². The molecule has 1 aliphatic heterocycles. The van der Waals surface area contributed by atoms with Crippen LogP contribution in [0, 0.1) is 5.82 Å². The quantitative estimate of drug-likeness (QED) is 0.822. The minimum absolute atomic E-state index is 0.00679. The van der Waals surface area contributed by atoms with Crippen LogP contribution in [0.4, 0.5) is 4.39 Å². The first-order chi connectivity index (χ1) is 10.0. The molecule has 0 aliphatic carbocycles. The molecule has 2 nitrogen and oxygen atoms in total. The lowest BCUT2D eigenvalue weighted by molar-refractivity contribution is -0.0693. The highest BCUT2D eigenvalue weighted by Gasteiger charge is 2.34. The first-order valence-electron chi connectivity index (χ1n) is 7.52. The number of ether oxygens (including phenoxy) is 1. The summed E-state index contributed by atoms with van der Waals surface area (Å²) in [6.07, 6.45) is 0. The molecule has 0 aromatic heterocycles. The molecule has 0 radical (unpaired) electrons. The van der Waals surface area contributed by atoms with Crippen molar-refractivity contribution < 1.29 is 9.13 Å². The molecule has 3 heteroatoms. The van der Waals surface area contributed by atoms with Crippen molar-refractivity contribution in [3.63, 3.8) is 0 Å². The van der Waals surface area contributed by atoms with E-state index in [1.165, 1.54) is 5.56 Å². The summed E-state index contributed by atoms with van der Waals surface area (Å²) in [5.41, 5.74) is 1.18. The maximum Gasteiger partial charge on any atom is 0.131 e. The van der Waals surface area contributed by atoms with Gasteiger partial charge >= 0.3 is 0 Å². The first kappa shape index (κ1) is 14.5. The van der Waals surface area contributed by atoms with E-state index in [1.807, 2.05) is 30.3 Å². The molecule has 1 fully saturated rings. The van der Waals surface area contributed by atoms with Gasteiger partial charge in [-0.25, -0.2) is 4.39 Å². The second-order valence-corrected chi connectivity index (χ2v) is 6.42. The smallest absolute Gasteiger partial charge is 0.131 e. The molecule has 0 N–H and O–H groups in total. The molecule has 0 spiro atoms. The normalized spacial score (nSPS) is 20.6. The van der Waals surface area contributed by atoms with Crippen molar-refractivity contribution in [3.8, 4) is 0 Å². The summed E-state index contributed by atoms with van der Waals surface area (Å²) in [5, 5.41) is 1.71. The van der Waals surface area contributed by atoms with Crippen LogP contribution < -0.4 is 0 Å². The molecule has 2 aromatic rings. The predicted octanol–water partition coefficient (Wildman–Crippen LogP) is 4.15. The molecule has 1 aliphatic rings. The maximum atomic E-state index is 14.0. The van der Waals surface area contributed by atoms with Crippen molar-refractivity contribution in [2.75, 3.05) is 19.8 Å². The molecule has 1 heterocycles. The fraction of sp³-hybridized carbons (Fsp3) is 0.444. The van der Waals surface area contributed by atoms with Gasteiger partial charge in [-0.3, -0.25) is 4.90 Å². The Kier molecular flexibility index (Phi) is 3.72. The third kappa shape index (κ3) is 2.56. The van der Waals surface area contributed by atoms with Crippen molar-refractivity contribution in [2.45, 2.75) is 32.4 Å². The summed E-state index contributed by atoms with van der Waals surface area (Å²) in [6, 6.07) is 11.5. The van der Waals surface area contributed by atoms with Gasteiger partial charge in [0.2, 0.25) is 0 Å². The van der Waals surface area contributed by atoms with Crippen molar-refractivity contribution >= 4 is 10.8 Å². The highest BCUT2D eigenvalue weighted by Crippen LogP contribution is 2.34. The van der Waals surface area contributed by atoms with Gasteiger partial charge in [-0.1, -0.05) is 30.3 Å². The van der Waals surface area contributed by atoms with Gasteiger partial charge in [-0.2, -0.15) is 0 Å². The van der Waals surface area contributed by atoms with Crippen molar-refractivity contribution in [1.29, 1.82) is 0 Å². The van der Waals surface area contributed by atoms with E-state index >= 15 is 0 Å². The monoisotopic (exact) mass is 287 g/mol. The van der Waals surface area contributed by atoms with Gasteiger partial charge in [-0.05, 0) is 37.8 Å².